The SMILES string of the molecule is COC(=O)C(Cl)(Cl)C(Cl)OC. The largest absolute Gasteiger partial charge is 0.467 e. The Balaban J connectivity index is 4.31. The van der Waals surface area contributed by atoms with Crippen molar-refractivity contribution in [1.29, 1.82) is 0 Å². The molecule has 0 aromatic heterocycles. The number of carbonyl (C=O) groups excluding carboxylic acids is 1. The van der Waals surface area contributed by atoms with Gasteiger partial charge >= 0.3 is 5.97 Å². The summed E-state index contributed by atoms with van der Waals surface area (Å²) in [5.41, 5.74) is -1.13. The molecule has 3 nitrogen and oxygen atoms in total. The van der Waals surface area contributed by atoms with E-state index in [1.807, 2.05) is 0 Å². The number of hydrogen-bond acceptors (Lipinski definition) is 3. The molecule has 0 fully saturated rings. The van der Waals surface area contributed by atoms with E-state index < -0.39 is 15.9 Å². The maximum Gasteiger partial charge on any atom is 0.346 e. The van der Waals surface area contributed by atoms with Gasteiger partial charge in [-0.15, -0.1) is 0 Å². The lowest BCUT2D eigenvalue weighted by Gasteiger charge is -2.20. The number of halogens is 3. The van der Waals surface area contributed by atoms with Crippen LogP contribution in [0.1, 0.15) is 0 Å². The Bertz CT molecular complexity index is 148. The zero-order chi connectivity index (χ0) is 9.07. The standard InChI is InChI=1S/C5H7Cl3O3/c1-10-3(6)5(7,8)4(9)11-2/h3H,1-2H3. The van der Waals surface area contributed by atoms with Crippen molar-refractivity contribution in [3.8, 4) is 0 Å². The molecule has 11 heavy (non-hydrogen) atoms. The Kier molecular flexibility index (Phi) is 4.48. The number of carbonyl (C=O) groups is 1. The van der Waals surface area contributed by atoms with Crippen LogP contribution < -0.4 is 0 Å². The first-order chi connectivity index (χ1) is 4.96. The van der Waals surface area contributed by atoms with E-state index in [0.717, 1.165) is 7.11 Å². The normalized spacial score (nSPS) is 14.3. The first-order valence-electron chi connectivity index (χ1n) is 2.60. The summed E-state index contributed by atoms with van der Waals surface area (Å²) in [5.74, 6) is -0.845. The molecular weight excluding hydrogens is 214 g/mol. The van der Waals surface area contributed by atoms with Crippen LogP contribution in [0.15, 0.2) is 0 Å². The highest BCUT2D eigenvalue weighted by Gasteiger charge is 2.43. The van der Waals surface area contributed by atoms with Crippen LogP contribution in [-0.4, -0.2) is 30.1 Å². The Morgan fingerprint density at radius 2 is 1.91 bits per heavy atom. The molecule has 1 unspecified atom stereocenters. The van der Waals surface area contributed by atoms with Gasteiger partial charge in [0.1, 0.15) is 0 Å². The van der Waals surface area contributed by atoms with E-state index in [1.54, 1.807) is 0 Å². The molecule has 1 atom stereocenters. The van der Waals surface area contributed by atoms with Crippen LogP contribution in [0.3, 0.4) is 0 Å². The number of ether oxygens (including phenoxy) is 2. The molecule has 0 aromatic carbocycles. The third kappa shape index (κ3) is 2.67. The molecule has 66 valence electrons. The van der Waals surface area contributed by atoms with E-state index in [-0.39, 0.29) is 0 Å². The van der Waals surface area contributed by atoms with Crippen molar-refractivity contribution in [2.24, 2.45) is 0 Å². The lowest BCUT2D eigenvalue weighted by atomic mass is 10.4. The van der Waals surface area contributed by atoms with Crippen molar-refractivity contribution in [2.75, 3.05) is 14.2 Å². The van der Waals surface area contributed by atoms with E-state index >= 15 is 0 Å². The highest BCUT2D eigenvalue weighted by Crippen LogP contribution is 2.30. The lowest BCUT2D eigenvalue weighted by molar-refractivity contribution is -0.143. The molecule has 0 rings (SSSR count). The van der Waals surface area contributed by atoms with Gasteiger partial charge in [0.05, 0.1) is 7.11 Å². The second kappa shape index (κ2) is 4.36. The van der Waals surface area contributed by atoms with Gasteiger partial charge in [-0.05, 0) is 0 Å². The maximum atomic E-state index is 10.8. The fourth-order valence-corrected chi connectivity index (χ4v) is 0.798. The quantitative estimate of drug-likeness (QED) is 0.536. The predicted octanol–water partition coefficient (Wildman–Crippen LogP) is 1.54. The fourth-order valence-electron chi connectivity index (χ4n) is 0.377. The van der Waals surface area contributed by atoms with Gasteiger partial charge in [0.15, 0.2) is 5.56 Å². The predicted molar refractivity (Wildman–Crippen MR) is 43.1 cm³/mol. The highest BCUT2D eigenvalue weighted by molar-refractivity contribution is 6.60. The van der Waals surface area contributed by atoms with Crippen LogP contribution >= 0.6 is 34.8 Å². The molecular formula is C5H7Cl3O3. The molecule has 0 saturated carbocycles. The molecule has 6 heteroatoms. The van der Waals surface area contributed by atoms with E-state index in [4.69, 9.17) is 34.8 Å². The molecule has 0 heterocycles. The first kappa shape index (κ1) is 11.3. The van der Waals surface area contributed by atoms with E-state index in [9.17, 15) is 4.79 Å². The molecule has 0 aromatic rings. The zero-order valence-electron chi connectivity index (χ0n) is 5.94. The van der Waals surface area contributed by atoms with Crippen molar-refractivity contribution in [2.45, 2.75) is 9.90 Å². The maximum absolute atomic E-state index is 10.8. The average molecular weight is 221 g/mol. The van der Waals surface area contributed by atoms with Crippen LogP contribution in [0.4, 0.5) is 0 Å². The van der Waals surface area contributed by atoms with E-state index in [1.165, 1.54) is 7.11 Å². The third-order valence-corrected chi connectivity index (χ3v) is 2.38. The summed E-state index contributed by atoms with van der Waals surface area (Å²) in [6.07, 6.45) is 0. The fraction of sp³-hybridized carbons (Fsp3) is 0.800. The van der Waals surface area contributed by atoms with Crippen LogP contribution in [0, 0.1) is 0 Å². The summed E-state index contributed by atoms with van der Waals surface area (Å²) >= 11 is 16.4. The van der Waals surface area contributed by atoms with Crippen molar-refractivity contribution >= 4 is 40.8 Å². The minimum atomic E-state index is -1.86. The van der Waals surface area contributed by atoms with Crippen molar-refractivity contribution < 1.29 is 14.3 Å². The first-order valence-corrected chi connectivity index (χ1v) is 3.79. The molecule has 0 bridgehead atoms. The van der Waals surface area contributed by atoms with Gasteiger partial charge < -0.3 is 9.47 Å². The number of rotatable bonds is 3. The number of esters is 1. The van der Waals surface area contributed by atoms with Gasteiger partial charge in [-0.1, -0.05) is 34.8 Å². The van der Waals surface area contributed by atoms with Crippen LogP contribution in [0.5, 0.6) is 0 Å². The second-order valence-corrected chi connectivity index (χ2v) is 3.45. The van der Waals surface area contributed by atoms with Gasteiger partial charge in [0, 0.05) is 7.11 Å². The van der Waals surface area contributed by atoms with Crippen LogP contribution in [-0.2, 0) is 14.3 Å². The van der Waals surface area contributed by atoms with Gasteiger partial charge in [-0.25, -0.2) is 4.79 Å². The Labute approximate surface area is 79.5 Å². The van der Waals surface area contributed by atoms with Crippen LogP contribution in [0.25, 0.3) is 0 Å². The third-order valence-electron chi connectivity index (χ3n) is 0.950. The van der Waals surface area contributed by atoms with Gasteiger partial charge in [0.2, 0.25) is 0 Å². The van der Waals surface area contributed by atoms with Crippen molar-refractivity contribution in [3.63, 3.8) is 0 Å². The second-order valence-electron chi connectivity index (χ2n) is 1.67. The summed E-state index contributed by atoms with van der Waals surface area (Å²) in [7, 11) is 2.43. The molecule has 0 saturated heterocycles. The van der Waals surface area contributed by atoms with E-state index in [0.29, 0.717) is 0 Å². The molecule has 0 spiro atoms. The summed E-state index contributed by atoms with van der Waals surface area (Å²) < 4.78 is 6.95. The smallest absolute Gasteiger partial charge is 0.346 e. The van der Waals surface area contributed by atoms with Gasteiger partial charge in [0.25, 0.3) is 4.33 Å². The molecule has 0 radical (unpaired) electrons. The molecule has 0 N–H and O–H groups in total. The van der Waals surface area contributed by atoms with Crippen LogP contribution in [0.2, 0.25) is 0 Å². The molecule has 0 aliphatic heterocycles. The number of alkyl halides is 3. The Morgan fingerprint density at radius 3 is 2.18 bits per heavy atom. The molecule has 0 aliphatic rings. The number of methoxy groups -OCH3 is 2. The van der Waals surface area contributed by atoms with Crippen molar-refractivity contribution in [3.05, 3.63) is 0 Å². The summed E-state index contributed by atoms with van der Waals surface area (Å²) in [6, 6.07) is 0. The minimum absolute atomic E-state index is 0.845. The topological polar surface area (TPSA) is 35.5 Å². The molecule has 0 aliphatic carbocycles. The highest BCUT2D eigenvalue weighted by atomic mass is 35.5. The average Bonchev–Trinajstić information content (AvgIpc) is 2.01. The summed E-state index contributed by atoms with van der Waals surface area (Å²) in [6.45, 7) is 0. The summed E-state index contributed by atoms with van der Waals surface area (Å²) in [4.78, 5) is 10.8. The zero-order valence-corrected chi connectivity index (χ0v) is 8.20. The number of hydrogen-bond donors (Lipinski definition) is 0. The van der Waals surface area contributed by atoms with E-state index in [2.05, 4.69) is 9.47 Å². The Hall–Kier alpha value is 0.300. The molecule has 0 amide bonds. The lowest BCUT2D eigenvalue weighted by Crippen LogP contribution is -2.37. The minimum Gasteiger partial charge on any atom is -0.467 e. The van der Waals surface area contributed by atoms with Gasteiger partial charge in [-0.2, -0.15) is 0 Å². The van der Waals surface area contributed by atoms with Crippen molar-refractivity contribution in [1.82, 2.24) is 0 Å². The van der Waals surface area contributed by atoms with Gasteiger partial charge in [-0.3, -0.25) is 0 Å². The monoisotopic (exact) mass is 220 g/mol. The Morgan fingerprint density at radius 1 is 1.45 bits per heavy atom. The summed E-state index contributed by atoms with van der Waals surface area (Å²) in [5, 5.41) is 0.